The van der Waals surface area contributed by atoms with Crippen LogP contribution in [0.2, 0.25) is 0 Å². The Balaban J connectivity index is 2.78. The molecule has 0 bridgehead atoms. The van der Waals surface area contributed by atoms with Crippen LogP contribution in [0, 0.1) is 5.41 Å². The molecule has 0 aliphatic rings. The zero-order valence-corrected chi connectivity index (χ0v) is 9.92. The quantitative estimate of drug-likeness (QED) is 0.809. The number of hydrogen-bond acceptors (Lipinski definition) is 2. The van der Waals surface area contributed by atoms with E-state index in [1.54, 1.807) is 20.8 Å². The summed E-state index contributed by atoms with van der Waals surface area (Å²) >= 11 is 0.527. The highest BCUT2D eigenvalue weighted by molar-refractivity contribution is 7.16. The van der Waals surface area contributed by atoms with Crippen LogP contribution in [-0.2, 0) is 11.0 Å². The van der Waals surface area contributed by atoms with E-state index in [1.807, 2.05) is 0 Å². The molecule has 16 heavy (non-hydrogen) atoms. The molecule has 1 aromatic rings. The van der Waals surface area contributed by atoms with E-state index in [1.165, 1.54) is 6.07 Å². The minimum absolute atomic E-state index is 0.215. The molecular weight excluding hydrogens is 239 g/mol. The normalized spacial score (nSPS) is 12.6. The third-order valence-electron chi connectivity index (χ3n) is 1.80. The second-order valence-electron chi connectivity index (χ2n) is 4.37. The van der Waals surface area contributed by atoms with Gasteiger partial charge in [-0.2, -0.15) is 13.2 Å². The number of anilines is 1. The molecule has 0 saturated carbocycles. The predicted octanol–water partition coefficient (Wildman–Crippen LogP) is 3.75. The van der Waals surface area contributed by atoms with Crippen molar-refractivity contribution in [2.75, 3.05) is 5.32 Å². The zero-order valence-electron chi connectivity index (χ0n) is 9.11. The minimum atomic E-state index is -4.35. The molecule has 1 amide bonds. The van der Waals surface area contributed by atoms with Gasteiger partial charge in [0.2, 0.25) is 5.91 Å². The zero-order chi connectivity index (χ0) is 12.6. The maximum atomic E-state index is 12.3. The molecule has 0 aliphatic carbocycles. The topological polar surface area (TPSA) is 29.1 Å². The summed E-state index contributed by atoms with van der Waals surface area (Å²) in [7, 11) is 0. The smallest absolute Gasteiger partial charge is 0.317 e. The van der Waals surface area contributed by atoms with Gasteiger partial charge in [0.15, 0.2) is 0 Å². The largest absolute Gasteiger partial charge is 0.425 e. The van der Waals surface area contributed by atoms with Gasteiger partial charge in [0.05, 0.1) is 5.00 Å². The number of halogens is 3. The molecule has 0 radical (unpaired) electrons. The monoisotopic (exact) mass is 251 g/mol. The lowest BCUT2D eigenvalue weighted by atomic mass is 9.96. The maximum absolute atomic E-state index is 12.3. The minimum Gasteiger partial charge on any atom is -0.317 e. The van der Waals surface area contributed by atoms with Crippen LogP contribution in [-0.4, -0.2) is 5.91 Å². The Bertz CT molecular complexity index is 390. The van der Waals surface area contributed by atoms with E-state index in [4.69, 9.17) is 0 Å². The number of amides is 1. The first-order chi connectivity index (χ1) is 7.10. The maximum Gasteiger partial charge on any atom is 0.425 e. The molecule has 0 atom stereocenters. The number of thiophene rings is 1. The first-order valence-corrected chi connectivity index (χ1v) is 5.41. The van der Waals surface area contributed by atoms with Crippen molar-refractivity contribution >= 4 is 22.2 Å². The second-order valence-corrected chi connectivity index (χ2v) is 5.45. The van der Waals surface area contributed by atoms with E-state index in [0.717, 1.165) is 6.07 Å². The number of alkyl halides is 3. The van der Waals surface area contributed by atoms with E-state index in [2.05, 4.69) is 5.32 Å². The van der Waals surface area contributed by atoms with E-state index in [-0.39, 0.29) is 10.9 Å². The van der Waals surface area contributed by atoms with Crippen LogP contribution in [0.15, 0.2) is 12.1 Å². The Morgan fingerprint density at radius 3 is 2.19 bits per heavy atom. The fourth-order valence-corrected chi connectivity index (χ4v) is 1.63. The van der Waals surface area contributed by atoms with Gasteiger partial charge in [-0.25, -0.2) is 0 Å². The van der Waals surface area contributed by atoms with Gasteiger partial charge in [0.1, 0.15) is 4.88 Å². The van der Waals surface area contributed by atoms with Crippen molar-refractivity contribution in [3.05, 3.63) is 17.0 Å². The highest BCUT2D eigenvalue weighted by Gasteiger charge is 2.33. The Labute approximate surface area is 95.5 Å². The summed E-state index contributed by atoms with van der Waals surface area (Å²) < 4.78 is 36.8. The van der Waals surface area contributed by atoms with Crippen LogP contribution in [0.5, 0.6) is 0 Å². The molecule has 1 N–H and O–H groups in total. The van der Waals surface area contributed by atoms with Crippen molar-refractivity contribution < 1.29 is 18.0 Å². The molecule has 0 spiro atoms. The van der Waals surface area contributed by atoms with Crippen molar-refractivity contribution in [3.63, 3.8) is 0 Å². The van der Waals surface area contributed by atoms with Crippen LogP contribution < -0.4 is 5.32 Å². The Morgan fingerprint density at radius 1 is 1.25 bits per heavy atom. The molecule has 1 aromatic heterocycles. The average Bonchev–Trinajstić information content (AvgIpc) is 2.49. The van der Waals surface area contributed by atoms with Gasteiger partial charge >= 0.3 is 6.18 Å². The molecular formula is C10H12F3NOS. The molecule has 0 saturated heterocycles. The van der Waals surface area contributed by atoms with Crippen molar-refractivity contribution in [3.8, 4) is 0 Å². The first-order valence-electron chi connectivity index (χ1n) is 4.59. The molecule has 0 fully saturated rings. The lowest BCUT2D eigenvalue weighted by Gasteiger charge is -2.16. The number of carbonyl (C=O) groups is 1. The summed E-state index contributed by atoms with van der Waals surface area (Å²) in [6.07, 6.45) is -4.35. The number of carbonyl (C=O) groups excluding carboxylic acids is 1. The van der Waals surface area contributed by atoms with Crippen LogP contribution in [0.25, 0.3) is 0 Å². The van der Waals surface area contributed by atoms with Crippen LogP contribution >= 0.6 is 11.3 Å². The third kappa shape index (κ3) is 3.23. The van der Waals surface area contributed by atoms with Gasteiger partial charge in [-0.05, 0) is 12.1 Å². The summed E-state index contributed by atoms with van der Waals surface area (Å²) in [5.74, 6) is -0.303. The van der Waals surface area contributed by atoms with Crippen LogP contribution in [0.1, 0.15) is 25.6 Å². The van der Waals surface area contributed by atoms with E-state index in [0.29, 0.717) is 11.3 Å². The second kappa shape index (κ2) is 4.08. The molecule has 2 nitrogen and oxygen atoms in total. The van der Waals surface area contributed by atoms with Crippen LogP contribution in [0.3, 0.4) is 0 Å². The summed E-state index contributed by atoms with van der Waals surface area (Å²) in [6, 6.07) is 2.22. The fraction of sp³-hybridized carbons (Fsp3) is 0.500. The lowest BCUT2D eigenvalue weighted by molar-refractivity contribution is -0.134. The van der Waals surface area contributed by atoms with E-state index >= 15 is 0 Å². The van der Waals surface area contributed by atoms with Crippen molar-refractivity contribution in [2.45, 2.75) is 26.9 Å². The molecule has 0 aromatic carbocycles. The van der Waals surface area contributed by atoms with Crippen molar-refractivity contribution in [1.29, 1.82) is 0 Å². The van der Waals surface area contributed by atoms with E-state index in [9.17, 15) is 18.0 Å². The highest BCUT2D eigenvalue weighted by Crippen LogP contribution is 2.36. The number of nitrogens with one attached hydrogen (secondary N) is 1. The standard InChI is InChI=1S/C10H12F3NOS/c1-9(2,3)8(15)14-7-5-4-6(16-7)10(11,12)13/h4-5H,1-3H3,(H,14,15). The lowest BCUT2D eigenvalue weighted by Crippen LogP contribution is -2.27. The van der Waals surface area contributed by atoms with Crippen LogP contribution in [0.4, 0.5) is 18.2 Å². The Hall–Kier alpha value is -1.04. The first kappa shape index (κ1) is 13.0. The van der Waals surface area contributed by atoms with Crippen molar-refractivity contribution in [1.82, 2.24) is 0 Å². The van der Waals surface area contributed by atoms with Gasteiger partial charge in [0.25, 0.3) is 0 Å². The van der Waals surface area contributed by atoms with Crippen molar-refractivity contribution in [2.24, 2.45) is 5.41 Å². The Kier molecular flexibility index (Phi) is 3.33. The van der Waals surface area contributed by atoms with E-state index < -0.39 is 16.5 Å². The average molecular weight is 251 g/mol. The third-order valence-corrected chi connectivity index (χ3v) is 2.85. The molecule has 1 heterocycles. The fourth-order valence-electron chi connectivity index (χ4n) is 0.857. The molecule has 6 heteroatoms. The van der Waals surface area contributed by atoms with Gasteiger partial charge in [0, 0.05) is 5.41 Å². The van der Waals surface area contributed by atoms with Gasteiger partial charge in [-0.3, -0.25) is 4.79 Å². The number of rotatable bonds is 1. The molecule has 0 unspecified atom stereocenters. The summed E-state index contributed by atoms with van der Waals surface area (Å²) in [4.78, 5) is 10.8. The SMILES string of the molecule is CC(C)(C)C(=O)Nc1ccc(C(F)(F)F)s1. The molecule has 1 rings (SSSR count). The Morgan fingerprint density at radius 2 is 1.81 bits per heavy atom. The highest BCUT2D eigenvalue weighted by atomic mass is 32.1. The van der Waals surface area contributed by atoms with Gasteiger partial charge < -0.3 is 5.32 Å². The number of hydrogen-bond donors (Lipinski definition) is 1. The summed E-state index contributed by atoms with van der Waals surface area (Å²) in [5, 5.41) is 2.67. The summed E-state index contributed by atoms with van der Waals surface area (Å²) in [6.45, 7) is 5.09. The molecule has 0 aliphatic heterocycles. The predicted molar refractivity (Wildman–Crippen MR) is 57.4 cm³/mol. The van der Waals surface area contributed by atoms with Gasteiger partial charge in [-0.15, -0.1) is 11.3 Å². The summed E-state index contributed by atoms with van der Waals surface area (Å²) in [5.41, 5.74) is -0.623. The van der Waals surface area contributed by atoms with Gasteiger partial charge in [-0.1, -0.05) is 20.8 Å². The molecule has 90 valence electrons.